The molecule has 0 bridgehead atoms. The lowest BCUT2D eigenvalue weighted by Gasteiger charge is -2.30. The quantitative estimate of drug-likeness (QED) is 0.616. The lowest BCUT2D eigenvalue weighted by Crippen LogP contribution is -2.49. The maximum atomic E-state index is 13.4. The first-order valence-corrected chi connectivity index (χ1v) is 12.1. The van der Waals surface area contributed by atoms with E-state index in [1.54, 1.807) is 17.9 Å². The van der Waals surface area contributed by atoms with Crippen LogP contribution in [-0.2, 0) is 22.6 Å². The van der Waals surface area contributed by atoms with Gasteiger partial charge in [0.2, 0.25) is 11.8 Å². The minimum absolute atomic E-state index is 0.0844. The third-order valence-electron chi connectivity index (χ3n) is 6.40. The van der Waals surface area contributed by atoms with Gasteiger partial charge in [-0.05, 0) is 55.5 Å². The zero-order valence-electron chi connectivity index (χ0n) is 19.0. The number of ether oxygens (including phenoxy) is 2. The molecule has 1 saturated carbocycles. The minimum atomic E-state index is -0.588. The Bertz CT molecular complexity index is 990. The van der Waals surface area contributed by atoms with Crippen molar-refractivity contribution in [3.05, 3.63) is 58.6 Å². The Kier molecular flexibility index (Phi) is 7.76. The highest BCUT2D eigenvalue weighted by Gasteiger charge is 2.28. The number of fused-ring (bicyclic) bond motifs is 1. The average molecular weight is 471 g/mol. The van der Waals surface area contributed by atoms with Crippen molar-refractivity contribution in [1.29, 1.82) is 0 Å². The Morgan fingerprint density at radius 2 is 1.82 bits per heavy atom. The van der Waals surface area contributed by atoms with Crippen LogP contribution in [0, 0.1) is 0 Å². The van der Waals surface area contributed by atoms with Crippen LogP contribution in [0.25, 0.3) is 0 Å². The molecule has 6 nitrogen and oxygen atoms in total. The second kappa shape index (κ2) is 10.9. The maximum absolute atomic E-state index is 13.4. The number of nitrogens with zero attached hydrogens (tertiary/aromatic N) is 1. The van der Waals surface area contributed by atoms with Crippen molar-refractivity contribution in [1.82, 2.24) is 10.2 Å². The molecule has 0 unspecified atom stereocenters. The highest BCUT2D eigenvalue weighted by atomic mass is 35.5. The van der Waals surface area contributed by atoms with Crippen molar-refractivity contribution in [3.8, 4) is 11.5 Å². The van der Waals surface area contributed by atoms with Gasteiger partial charge in [0.05, 0.1) is 0 Å². The number of halogens is 1. The van der Waals surface area contributed by atoms with Crippen molar-refractivity contribution >= 4 is 23.4 Å². The van der Waals surface area contributed by atoms with Crippen LogP contribution in [-0.4, -0.2) is 42.0 Å². The Balaban J connectivity index is 1.46. The molecule has 1 aliphatic carbocycles. The fraction of sp³-hybridized carbons (Fsp3) is 0.462. The van der Waals surface area contributed by atoms with Gasteiger partial charge >= 0.3 is 0 Å². The lowest BCUT2D eigenvalue weighted by atomic mass is 10.1. The molecule has 1 N–H and O–H groups in total. The van der Waals surface area contributed by atoms with E-state index in [9.17, 15) is 9.59 Å². The van der Waals surface area contributed by atoms with Crippen LogP contribution in [0.5, 0.6) is 11.5 Å². The SMILES string of the molecule is C[C@@H](C(=O)NC1CCCC1)N(Cc1ccccc1Cl)C(=O)CCc1ccc2c(c1)OCCO2. The summed E-state index contributed by atoms with van der Waals surface area (Å²) in [4.78, 5) is 28.0. The summed E-state index contributed by atoms with van der Waals surface area (Å²) in [6.45, 7) is 3.15. The Morgan fingerprint density at radius 3 is 2.58 bits per heavy atom. The van der Waals surface area contributed by atoms with Crippen molar-refractivity contribution in [3.63, 3.8) is 0 Å². The predicted octanol–water partition coefficient (Wildman–Crippen LogP) is 4.52. The van der Waals surface area contributed by atoms with Gasteiger partial charge in [-0.1, -0.05) is 48.7 Å². The van der Waals surface area contributed by atoms with Gasteiger partial charge in [0.15, 0.2) is 11.5 Å². The van der Waals surface area contributed by atoms with Gasteiger partial charge in [-0.15, -0.1) is 0 Å². The topological polar surface area (TPSA) is 67.9 Å². The van der Waals surface area contributed by atoms with Crippen molar-refractivity contribution in [2.75, 3.05) is 13.2 Å². The molecule has 2 amide bonds. The molecule has 1 heterocycles. The van der Waals surface area contributed by atoms with Gasteiger partial charge in [-0.2, -0.15) is 0 Å². The summed E-state index contributed by atoms with van der Waals surface area (Å²) >= 11 is 6.37. The maximum Gasteiger partial charge on any atom is 0.242 e. The number of nitrogens with one attached hydrogen (secondary N) is 1. The number of carbonyl (C=O) groups is 2. The van der Waals surface area contributed by atoms with E-state index in [4.69, 9.17) is 21.1 Å². The van der Waals surface area contributed by atoms with Crippen molar-refractivity contribution < 1.29 is 19.1 Å². The molecule has 4 rings (SSSR count). The van der Waals surface area contributed by atoms with Gasteiger partial charge in [0, 0.05) is 24.0 Å². The summed E-state index contributed by atoms with van der Waals surface area (Å²) in [5.41, 5.74) is 1.82. The summed E-state index contributed by atoms with van der Waals surface area (Å²) in [6, 6.07) is 12.8. The number of amides is 2. The summed E-state index contributed by atoms with van der Waals surface area (Å²) in [5.74, 6) is 1.25. The standard InChI is InChI=1S/C26H31ClN2O4/c1-18(26(31)28-21-7-3-4-8-21)29(17-20-6-2-5-9-22(20)27)25(30)13-11-19-10-12-23-24(16-19)33-15-14-32-23/h2,5-6,9-10,12,16,18,21H,3-4,7-8,11,13-15,17H2,1H3,(H,28,31)/t18-/m0/s1. The van der Waals surface area contributed by atoms with E-state index in [0.29, 0.717) is 37.0 Å². The van der Waals surface area contributed by atoms with Crippen molar-refractivity contribution in [2.24, 2.45) is 0 Å². The molecule has 1 fully saturated rings. The predicted molar refractivity (Wildman–Crippen MR) is 128 cm³/mol. The first kappa shape index (κ1) is 23.4. The third-order valence-corrected chi connectivity index (χ3v) is 6.77. The molecular formula is C26H31ClN2O4. The molecule has 33 heavy (non-hydrogen) atoms. The molecule has 2 aromatic rings. The highest BCUT2D eigenvalue weighted by Crippen LogP contribution is 2.31. The fourth-order valence-electron chi connectivity index (χ4n) is 4.42. The lowest BCUT2D eigenvalue weighted by molar-refractivity contribution is -0.140. The van der Waals surface area contributed by atoms with E-state index in [1.165, 1.54) is 0 Å². The van der Waals surface area contributed by atoms with Crippen LogP contribution in [0.3, 0.4) is 0 Å². The van der Waals surface area contributed by atoms with E-state index < -0.39 is 6.04 Å². The van der Waals surface area contributed by atoms with Crippen LogP contribution in [0.15, 0.2) is 42.5 Å². The van der Waals surface area contributed by atoms with Crippen LogP contribution in [0.4, 0.5) is 0 Å². The van der Waals surface area contributed by atoms with Crippen LogP contribution in [0.2, 0.25) is 5.02 Å². The van der Waals surface area contributed by atoms with Crippen LogP contribution in [0.1, 0.15) is 50.2 Å². The third kappa shape index (κ3) is 5.99. The summed E-state index contributed by atoms with van der Waals surface area (Å²) in [7, 11) is 0. The largest absolute Gasteiger partial charge is 0.486 e. The van der Waals surface area contributed by atoms with E-state index in [1.807, 2.05) is 36.4 Å². The molecule has 0 aromatic heterocycles. The first-order chi connectivity index (χ1) is 16.0. The number of carbonyl (C=O) groups excluding carboxylic acids is 2. The van der Waals surface area contributed by atoms with Gasteiger partial charge in [-0.3, -0.25) is 9.59 Å². The molecule has 0 radical (unpaired) electrons. The van der Waals surface area contributed by atoms with E-state index in [-0.39, 0.29) is 24.3 Å². The number of rotatable bonds is 8. The smallest absolute Gasteiger partial charge is 0.242 e. The molecule has 2 aliphatic rings. The van der Waals surface area contributed by atoms with Gasteiger partial charge in [0.25, 0.3) is 0 Å². The van der Waals surface area contributed by atoms with Gasteiger partial charge < -0.3 is 19.7 Å². The molecule has 176 valence electrons. The summed E-state index contributed by atoms with van der Waals surface area (Å²) in [5, 5.41) is 3.71. The molecule has 0 saturated heterocycles. The number of hydrogen-bond donors (Lipinski definition) is 1. The van der Waals surface area contributed by atoms with E-state index in [0.717, 1.165) is 42.6 Å². The molecular weight excluding hydrogens is 440 g/mol. The van der Waals surface area contributed by atoms with Gasteiger partial charge in [-0.25, -0.2) is 0 Å². The molecule has 0 spiro atoms. The van der Waals surface area contributed by atoms with Crippen LogP contribution < -0.4 is 14.8 Å². The average Bonchev–Trinajstić information content (AvgIpc) is 3.34. The zero-order valence-corrected chi connectivity index (χ0v) is 19.8. The Labute approximate surface area is 200 Å². The van der Waals surface area contributed by atoms with E-state index in [2.05, 4.69) is 5.32 Å². The van der Waals surface area contributed by atoms with Crippen molar-refractivity contribution in [2.45, 2.75) is 64.1 Å². The molecule has 1 atom stereocenters. The monoisotopic (exact) mass is 470 g/mol. The minimum Gasteiger partial charge on any atom is -0.486 e. The fourth-order valence-corrected chi connectivity index (χ4v) is 4.62. The number of benzene rings is 2. The summed E-state index contributed by atoms with van der Waals surface area (Å²) < 4.78 is 11.2. The second-order valence-electron chi connectivity index (χ2n) is 8.76. The Morgan fingerprint density at radius 1 is 1.09 bits per heavy atom. The number of hydrogen-bond acceptors (Lipinski definition) is 4. The molecule has 1 aliphatic heterocycles. The normalized spacial score (nSPS) is 16.3. The zero-order chi connectivity index (χ0) is 23.2. The first-order valence-electron chi connectivity index (χ1n) is 11.7. The van der Waals surface area contributed by atoms with E-state index >= 15 is 0 Å². The number of aryl methyl sites for hydroxylation is 1. The highest BCUT2D eigenvalue weighted by molar-refractivity contribution is 6.31. The summed E-state index contributed by atoms with van der Waals surface area (Å²) in [6.07, 6.45) is 5.10. The molecule has 2 aromatic carbocycles. The van der Waals surface area contributed by atoms with Gasteiger partial charge in [0.1, 0.15) is 19.3 Å². The Hall–Kier alpha value is -2.73. The second-order valence-corrected chi connectivity index (χ2v) is 9.16. The van der Waals surface area contributed by atoms with Crippen LogP contribution >= 0.6 is 11.6 Å². The molecule has 7 heteroatoms.